The maximum atomic E-state index is 11.3. The van der Waals surface area contributed by atoms with Crippen LogP contribution in [0.2, 0.25) is 0 Å². The lowest BCUT2D eigenvalue weighted by Crippen LogP contribution is -2.17. The van der Waals surface area contributed by atoms with E-state index in [9.17, 15) is 9.59 Å². The number of hydrogen-bond donors (Lipinski definition) is 4. The molecule has 20 heavy (non-hydrogen) atoms. The molecule has 0 heterocycles. The van der Waals surface area contributed by atoms with E-state index in [1.54, 1.807) is 0 Å². The quantitative estimate of drug-likeness (QED) is 0.186. The lowest BCUT2D eigenvalue weighted by molar-refractivity contribution is -0.141. The summed E-state index contributed by atoms with van der Waals surface area (Å²) in [5.74, 6) is 0.781. The molecule has 118 valence electrons. The molecule has 0 bridgehead atoms. The zero-order valence-corrected chi connectivity index (χ0v) is 15.8. The van der Waals surface area contributed by atoms with E-state index in [1.807, 2.05) is 0 Å². The Morgan fingerprint density at radius 1 is 0.850 bits per heavy atom. The summed E-state index contributed by atoms with van der Waals surface area (Å²) in [6.45, 7) is 0.484. The first kappa shape index (κ1) is 21.0. The third-order valence-corrected chi connectivity index (χ3v) is 5.93. The van der Waals surface area contributed by atoms with Crippen molar-refractivity contribution in [3.8, 4) is 0 Å². The van der Waals surface area contributed by atoms with E-state index in [0.29, 0.717) is 11.5 Å². The molecular formula is C10H18O4S6. The Hall–Kier alpha value is 1.04. The van der Waals surface area contributed by atoms with Gasteiger partial charge in [-0.2, -0.15) is 50.5 Å². The molecule has 0 saturated carbocycles. The number of rotatable bonds is 11. The van der Waals surface area contributed by atoms with Crippen LogP contribution in [0.5, 0.6) is 0 Å². The zero-order valence-electron chi connectivity index (χ0n) is 10.6. The summed E-state index contributed by atoms with van der Waals surface area (Å²) < 4.78 is 9.92. The van der Waals surface area contributed by atoms with E-state index in [4.69, 9.17) is 9.47 Å². The van der Waals surface area contributed by atoms with Crippen LogP contribution in [0, 0.1) is 0 Å². The van der Waals surface area contributed by atoms with Crippen molar-refractivity contribution in [2.75, 3.05) is 36.2 Å². The molecule has 0 spiro atoms. The van der Waals surface area contributed by atoms with Crippen LogP contribution in [-0.2, 0) is 19.1 Å². The molecule has 0 aliphatic carbocycles. The molecule has 0 fully saturated rings. The van der Waals surface area contributed by atoms with Crippen molar-refractivity contribution in [2.45, 2.75) is 10.5 Å². The van der Waals surface area contributed by atoms with Crippen LogP contribution in [0.25, 0.3) is 0 Å². The topological polar surface area (TPSA) is 52.6 Å². The van der Waals surface area contributed by atoms with Gasteiger partial charge in [0, 0.05) is 22.0 Å². The second-order valence-corrected chi connectivity index (χ2v) is 8.22. The van der Waals surface area contributed by atoms with Crippen LogP contribution in [0.4, 0.5) is 0 Å². The van der Waals surface area contributed by atoms with Gasteiger partial charge in [0.15, 0.2) is 0 Å². The number of ether oxygens (including phenoxy) is 2. The van der Waals surface area contributed by atoms with Gasteiger partial charge in [0.25, 0.3) is 0 Å². The SMILES string of the molecule is O=C(CSSCC(=O)OCC(S)CS)OCC(S)CS. The molecule has 0 amide bonds. The number of carbonyl (C=O) groups is 2. The summed E-state index contributed by atoms with van der Waals surface area (Å²) >= 11 is 16.4. The summed E-state index contributed by atoms with van der Waals surface area (Å²) in [4.78, 5) is 22.6. The second-order valence-electron chi connectivity index (χ2n) is 3.56. The molecule has 0 aromatic rings. The predicted molar refractivity (Wildman–Crippen MR) is 100 cm³/mol. The molecule has 2 atom stereocenters. The molecule has 10 heteroatoms. The standard InChI is InChI=1S/C10H18O4S6/c11-9(13-1-7(17)3-15)5-19-20-6-10(12)14-2-8(18)4-16/h7-8,15-18H,1-6H2. The zero-order chi connectivity index (χ0) is 15.4. The fourth-order valence-electron chi connectivity index (χ4n) is 0.747. The van der Waals surface area contributed by atoms with Gasteiger partial charge in [-0.15, -0.1) is 0 Å². The van der Waals surface area contributed by atoms with Crippen LogP contribution >= 0.6 is 72.1 Å². The summed E-state index contributed by atoms with van der Waals surface area (Å²) in [6, 6.07) is 0. The highest BCUT2D eigenvalue weighted by molar-refractivity contribution is 8.77. The number of carbonyl (C=O) groups excluding carboxylic acids is 2. The minimum absolute atomic E-state index is 0.0593. The van der Waals surface area contributed by atoms with Crippen molar-refractivity contribution in [1.29, 1.82) is 0 Å². The summed E-state index contributed by atoms with van der Waals surface area (Å²) in [5.41, 5.74) is 0. The third kappa shape index (κ3) is 12.8. The fraction of sp³-hybridized carbons (Fsp3) is 0.800. The van der Waals surface area contributed by atoms with E-state index in [1.165, 1.54) is 21.6 Å². The largest absolute Gasteiger partial charge is 0.464 e. The highest BCUT2D eigenvalue weighted by atomic mass is 33.1. The van der Waals surface area contributed by atoms with Crippen molar-refractivity contribution < 1.29 is 19.1 Å². The van der Waals surface area contributed by atoms with Gasteiger partial charge < -0.3 is 9.47 Å². The lowest BCUT2D eigenvalue weighted by atomic mass is 10.5. The minimum atomic E-state index is -0.331. The van der Waals surface area contributed by atoms with Crippen LogP contribution in [-0.4, -0.2) is 58.7 Å². The molecule has 0 aromatic carbocycles. The monoisotopic (exact) mass is 394 g/mol. The molecule has 0 aromatic heterocycles. The third-order valence-electron chi connectivity index (χ3n) is 1.73. The predicted octanol–water partition coefficient (Wildman–Crippen LogP) is 1.91. The van der Waals surface area contributed by atoms with E-state index < -0.39 is 0 Å². The molecule has 0 rings (SSSR count). The lowest BCUT2D eigenvalue weighted by Gasteiger charge is -2.09. The molecule has 0 radical (unpaired) electrons. The van der Waals surface area contributed by atoms with Crippen molar-refractivity contribution in [3.63, 3.8) is 0 Å². The first-order chi connectivity index (χ1) is 9.49. The summed E-state index contributed by atoms with van der Waals surface area (Å²) in [6.07, 6.45) is 0. The molecule has 0 aliphatic rings. The van der Waals surface area contributed by atoms with E-state index in [0.717, 1.165) is 0 Å². The van der Waals surface area contributed by atoms with Gasteiger partial charge in [0.2, 0.25) is 0 Å². The first-order valence-corrected chi connectivity index (χ1v) is 10.4. The van der Waals surface area contributed by atoms with Crippen molar-refractivity contribution in [3.05, 3.63) is 0 Å². The Kier molecular flexibility index (Phi) is 14.4. The Morgan fingerprint density at radius 3 is 1.50 bits per heavy atom. The van der Waals surface area contributed by atoms with Gasteiger partial charge in [0.05, 0.1) is 0 Å². The number of hydrogen-bond acceptors (Lipinski definition) is 10. The maximum Gasteiger partial charge on any atom is 0.316 e. The Bertz CT molecular complexity index is 263. The highest BCUT2D eigenvalue weighted by Gasteiger charge is 2.10. The van der Waals surface area contributed by atoms with Crippen LogP contribution in [0.15, 0.2) is 0 Å². The molecule has 0 aliphatic heterocycles. The normalized spacial score (nSPS) is 13.6. The second kappa shape index (κ2) is 13.7. The van der Waals surface area contributed by atoms with Gasteiger partial charge in [-0.1, -0.05) is 21.6 Å². The smallest absolute Gasteiger partial charge is 0.316 e. The van der Waals surface area contributed by atoms with Crippen LogP contribution < -0.4 is 0 Å². The first-order valence-electron chi connectivity index (χ1n) is 5.63. The summed E-state index contributed by atoms with van der Waals surface area (Å²) in [7, 11) is 2.50. The van der Waals surface area contributed by atoms with Crippen molar-refractivity contribution >= 4 is 84.0 Å². The van der Waals surface area contributed by atoms with Gasteiger partial charge in [-0.05, 0) is 0 Å². The van der Waals surface area contributed by atoms with Gasteiger partial charge in [-0.25, -0.2) is 0 Å². The molecule has 2 unspecified atom stereocenters. The molecule has 0 N–H and O–H groups in total. The van der Waals surface area contributed by atoms with Crippen LogP contribution in [0.1, 0.15) is 0 Å². The molecule has 0 saturated heterocycles. The average Bonchev–Trinajstić information content (AvgIpc) is 2.46. The molecule has 4 nitrogen and oxygen atoms in total. The Balaban J connectivity index is 3.51. The Morgan fingerprint density at radius 2 is 1.20 bits per heavy atom. The maximum absolute atomic E-state index is 11.3. The van der Waals surface area contributed by atoms with E-state index >= 15 is 0 Å². The van der Waals surface area contributed by atoms with Gasteiger partial charge >= 0.3 is 11.9 Å². The van der Waals surface area contributed by atoms with E-state index in [2.05, 4.69) is 50.5 Å². The van der Waals surface area contributed by atoms with Gasteiger partial charge in [-0.3, -0.25) is 9.59 Å². The summed E-state index contributed by atoms with van der Waals surface area (Å²) in [5, 5.41) is -0.119. The van der Waals surface area contributed by atoms with Crippen LogP contribution in [0.3, 0.4) is 0 Å². The van der Waals surface area contributed by atoms with Crippen molar-refractivity contribution in [2.24, 2.45) is 0 Å². The fourth-order valence-corrected chi connectivity index (χ4v) is 2.71. The Labute approximate surface area is 149 Å². The van der Waals surface area contributed by atoms with Gasteiger partial charge in [0.1, 0.15) is 24.7 Å². The van der Waals surface area contributed by atoms with Crippen molar-refractivity contribution in [1.82, 2.24) is 0 Å². The van der Waals surface area contributed by atoms with E-state index in [-0.39, 0.29) is 47.2 Å². The minimum Gasteiger partial charge on any atom is -0.464 e. The highest BCUT2D eigenvalue weighted by Crippen LogP contribution is 2.21. The average molecular weight is 395 g/mol. The molecular weight excluding hydrogens is 377 g/mol. The number of thiol groups is 4. The number of esters is 2.